The number of amides is 2. The smallest absolute Gasteiger partial charge is 0.309 e. The minimum Gasteiger partial charge on any atom is -0.481 e. The van der Waals surface area contributed by atoms with E-state index >= 15 is 0 Å². The maximum Gasteiger partial charge on any atom is 0.309 e. The van der Waals surface area contributed by atoms with Crippen molar-refractivity contribution in [2.24, 2.45) is 5.41 Å². The molecule has 1 aliphatic heterocycles. The van der Waals surface area contributed by atoms with E-state index in [9.17, 15) is 22.8 Å². The molecule has 1 aromatic rings. The molecular formula is C16H20N2O6S. The van der Waals surface area contributed by atoms with Crippen molar-refractivity contribution in [2.75, 3.05) is 13.1 Å². The number of hydrogen-bond acceptors (Lipinski definition) is 5. The van der Waals surface area contributed by atoms with Crippen LogP contribution in [0.5, 0.6) is 0 Å². The number of aliphatic carboxylic acids is 1. The highest BCUT2D eigenvalue weighted by atomic mass is 32.2. The largest absolute Gasteiger partial charge is 0.481 e. The van der Waals surface area contributed by atoms with E-state index in [1.165, 1.54) is 18.2 Å². The lowest BCUT2D eigenvalue weighted by atomic mass is 9.90. The normalized spacial score (nSPS) is 15.8. The molecule has 0 atom stereocenters. The number of nitrogens with zero attached hydrogens (tertiary/aromatic N) is 1. The van der Waals surface area contributed by atoms with Crippen LogP contribution in [-0.4, -0.2) is 48.7 Å². The van der Waals surface area contributed by atoms with Crippen LogP contribution in [0.4, 0.5) is 0 Å². The average Bonchev–Trinajstić information content (AvgIpc) is 2.72. The summed E-state index contributed by atoms with van der Waals surface area (Å²) >= 11 is 0. The Kier molecular flexibility index (Phi) is 4.90. The van der Waals surface area contributed by atoms with Crippen LogP contribution in [0.2, 0.25) is 0 Å². The summed E-state index contributed by atoms with van der Waals surface area (Å²) in [4.78, 5) is 35.1. The summed E-state index contributed by atoms with van der Waals surface area (Å²) in [7, 11) is -3.93. The van der Waals surface area contributed by atoms with Crippen LogP contribution >= 0.6 is 0 Å². The lowest BCUT2D eigenvalue weighted by Gasteiger charge is -2.18. The summed E-state index contributed by atoms with van der Waals surface area (Å²) in [6, 6.07) is 3.87. The van der Waals surface area contributed by atoms with Gasteiger partial charge in [0.05, 0.1) is 11.0 Å². The highest BCUT2D eigenvalue weighted by molar-refractivity contribution is 7.90. The Morgan fingerprint density at radius 3 is 2.48 bits per heavy atom. The van der Waals surface area contributed by atoms with Gasteiger partial charge < -0.3 is 10.4 Å². The lowest BCUT2D eigenvalue weighted by Crippen LogP contribution is -2.32. The van der Waals surface area contributed by atoms with Crippen molar-refractivity contribution in [2.45, 2.75) is 32.1 Å². The zero-order valence-corrected chi connectivity index (χ0v) is 15.0. The zero-order chi connectivity index (χ0) is 19.0. The summed E-state index contributed by atoms with van der Waals surface area (Å²) < 4.78 is 25.4. The SMILES string of the molecule is CCN1C(=O)c2ccc(C(=O)NCCC(C)(C)C(=O)O)cc2S1(=O)=O. The minimum atomic E-state index is -3.93. The van der Waals surface area contributed by atoms with E-state index < -0.39 is 33.2 Å². The summed E-state index contributed by atoms with van der Waals surface area (Å²) in [6.07, 6.45) is 0.222. The second-order valence-corrected chi connectivity index (χ2v) is 8.21. The van der Waals surface area contributed by atoms with Gasteiger partial charge in [0.1, 0.15) is 4.90 Å². The predicted molar refractivity (Wildman–Crippen MR) is 88.7 cm³/mol. The van der Waals surface area contributed by atoms with Gasteiger partial charge in [-0.3, -0.25) is 14.4 Å². The molecule has 2 rings (SSSR count). The van der Waals surface area contributed by atoms with Crippen LogP contribution in [0, 0.1) is 5.41 Å². The Labute approximate surface area is 145 Å². The fourth-order valence-corrected chi connectivity index (χ4v) is 4.03. The number of nitrogens with one attached hydrogen (secondary N) is 1. The minimum absolute atomic E-state index is 0.0155. The lowest BCUT2D eigenvalue weighted by molar-refractivity contribution is -0.147. The number of carboxylic acids is 1. The predicted octanol–water partition coefficient (Wildman–Crippen LogP) is 1.08. The van der Waals surface area contributed by atoms with E-state index in [1.807, 2.05) is 0 Å². The number of rotatable bonds is 6. The molecule has 0 saturated heterocycles. The quantitative estimate of drug-likeness (QED) is 0.775. The van der Waals surface area contributed by atoms with E-state index in [-0.39, 0.29) is 35.5 Å². The monoisotopic (exact) mass is 368 g/mol. The van der Waals surface area contributed by atoms with Crippen molar-refractivity contribution in [1.82, 2.24) is 9.62 Å². The molecule has 8 nitrogen and oxygen atoms in total. The van der Waals surface area contributed by atoms with Crippen molar-refractivity contribution in [3.05, 3.63) is 29.3 Å². The maximum absolute atomic E-state index is 12.3. The van der Waals surface area contributed by atoms with Gasteiger partial charge in [0.2, 0.25) is 0 Å². The summed E-state index contributed by atoms with van der Waals surface area (Å²) in [5.41, 5.74) is -0.839. The molecule has 1 aromatic carbocycles. The molecular weight excluding hydrogens is 348 g/mol. The van der Waals surface area contributed by atoms with Crippen LogP contribution in [-0.2, 0) is 14.8 Å². The van der Waals surface area contributed by atoms with E-state index in [2.05, 4.69) is 5.32 Å². The van der Waals surface area contributed by atoms with Gasteiger partial charge in [-0.2, -0.15) is 0 Å². The van der Waals surface area contributed by atoms with Crippen LogP contribution in [0.3, 0.4) is 0 Å². The van der Waals surface area contributed by atoms with Crippen LogP contribution in [0.25, 0.3) is 0 Å². The summed E-state index contributed by atoms with van der Waals surface area (Å²) in [5, 5.41) is 11.6. The second-order valence-electron chi connectivity index (χ2n) is 6.38. The third-order valence-corrected chi connectivity index (χ3v) is 6.07. The molecule has 2 amide bonds. The molecule has 0 radical (unpaired) electrons. The molecule has 9 heteroatoms. The van der Waals surface area contributed by atoms with Crippen LogP contribution in [0.15, 0.2) is 23.1 Å². The van der Waals surface area contributed by atoms with Gasteiger partial charge in [0.25, 0.3) is 21.8 Å². The molecule has 0 spiro atoms. The van der Waals surface area contributed by atoms with Gasteiger partial charge in [-0.1, -0.05) is 0 Å². The van der Waals surface area contributed by atoms with Gasteiger partial charge in [-0.15, -0.1) is 0 Å². The van der Waals surface area contributed by atoms with E-state index in [0.717, 1.165) is 4.31 Å². The van der Waals surface area contributed by atoms with Crippen molar-refractivity contribution in [3.63, 3.8) is 0 Å². The molecule has 136 valence electrons. The van der Waals surface area contributed by atoms with Gasteiger partial charge in [-0.25, -0.2) is 12.7 Å². The summed E-state index contributed by atoms with van der Waals surface area (Å²) in [5.74, 6) is -2.10. The molecule has 1 heterocycles. The maximum atomic E-state index is 12.3. The Morgan fingerprint density at radius 2 is 1.92 bits per heavy atom. The fraction of sp³-hybridized carbons (Fsp3) is 0.438. The van der Waals surface area contributed by atoms with Gasteiger partial charge in [0, 0.05) is 18.7 Å². The summed E-state index contributed by atoms with van der Waals surface area (Å²) in [6.45, 7) is 4.80. The molecule has 0 unspecified atom stereocenters. The number of hydrogen-bond donors (Lipinski definition) is 2. The van der Waals surface area contributed by atoms with E-state index in [0.29, 0.717) is 0 Å². The first-order valence-corrected chi connectivity index (χ1v) is 9.19. The Hall–Kier alpha value is -2.42. The van der Waals surface area contributed by atoms with Crippen molar-refractivity contribution in [3.8, 4) is 0 Å². The third-order valence-electron chi connectivity index (χ3n) is 4.17. The molecule has 0 fully saturated rings. The molecule has 0 bridgehead atoms. The highest BCUT2D eigenvalue weighted by Gasteiger charge is 2.40. The zero-order valence-electron chi connectivity index (χ0n) is 14.2. The molecule has 2 N–H and O–H groups in total. The third kappa shape index (κ3) is 3.37. The fourth-order valence-electron chi connectivity index (χ4n) is 2.43. The number of benzene rings is 1. The van der Waals surface area contributed by atoms with Crippen molar-refractivity contribution < 1.29 is 27.9 Å². The van der Waals surface area contributed by atoms with Gasteiger partial charge in [-0.05, 0) is 45.4 Å². The van der Waals surface area contributed by atoms with E-state index in [4.69, 9.17) is 5.11 Å². The Morgan fingerprint density at radius 1 is 1.28 bits per heavy atom. The average molecular weight is 368 g/mol. The second kappa shape index (κ2) is 6.47. The van der Waals surface area contributed by atoms with Crippen LogP contribution < -0.4 is 5.32 Å². The first-order chi connectivity index (χ1) is 11.5. The van der Waals surface area contributed by atoms with Gasteiger partial charge in [0.15, 0.2) is 0 Å². The first kappa shape index (κ1) is 18.9. The number of fused-ring (bicyclic) bond motifs is 1. The van der Waals surface area contributed by atoms with Crippen LogP contribution in [0.1, 0.15) is 47.9 Å². The topological polar surface area (TPSA) is 121 Å². The Balaban J connectivity index is 2.17. The molecule has 0 aliphatic carbocycles. The van der Waals surface area contributed by atoms with Gasteiger partial charge >= 0.3 is 5.97 Å². The first-order valence-electron chi connectivity index (χ1n) is 7.75. The molecule has 1 aliphatic rings. The number of sulfonamides is 1. The molecule has 0 saturated carbocycles. The number of carbonyl (C=O) groups excluding carboxylic acids is 2. The van der Waals surface area contributed by atoms with E-state index in [1.54, 1.807) is 20.8 Å². The molecule has 25 heavy (non-hydrogen) atoms. The van der Waals surface area contributed by atoms with Crippen molar-refractivity contribution >= 4 is 27.8 Å². The number of carboxylic acid groups (broad SMARTS) is 1. The standard InChI is InChI=1S/C16H20N2O6S/c1-4-18-14(20)11-6-5-10(9-12(11)25(18,23)24)13(19)17-8-7-16(2,3)15(21)22/h5-6,9H,4,7-8H2,1-3H3,(H,17,19)(H,21,22). The molecule has 0 aromatic heterocycles. The Bertz CT molecular complexity index is 844. The highest BCUT2D eigenvalue weighted by Crippen LogP contribution is 2.30. The van der Waals surface area contributed by atoms with Crippen molar-refractivity contribution in [1.29, 1.82) is 0 Å². The number of carbonyl (C=O) groups is 3.